The van der Waals surface area contributed by atoms with E-state index in [9.17, 15) is 8.42 Å². The van der Waals surface area contributed by atoms with E-state index in [1.54, 1.807) is 6.07 Å². The van der Waals surface area contributed by atoms with Crippen LogP contribution in [0.25, 0.3) is 0 Å². The fourth-order valence-electron chi connectivity index (χ4n) is 6.70. The van der Waals surface area contributed by atoms with Crippen molar-refractivity contribution in [3.63, 3.8) is 0 Å². The number of aryl methyl sites for hydroxylation is 1. The average Bonchev–Trinajstić information content (AvgIpc) is 3.09. The second-order valence-electron chi connectivity index (χ2n) is 12.4. The summed E-state index contributed by atoms with van der Waals surface area (Å²) in [5, 5.41) is 2.81. The quantitative estimate of drug-likeness (QED) is 0.0710. The first kappa shape index (κ1) is 35.1. The van der Waals surface area contributed by atoms with Crippen molar-refractivity contribution in [2.45, 2.75) is 102 Å². The Labute approximate surface area is 273 Å². The first-order chi connectivity index (χ1) is 22.0. The van der Waals surface area contributed by atoms with Crippen LogP contribution in [0.15, 0.2) is 120 Å². The van der Waals surface area contributed by atoms with Crippen molar-refractivity contribution in [2.75, 3.05) is 6.16 Å². The molecule has 4 aromatic carbocycles. The Morgan fingerprint density at radius 2 is 0.889 bits per heavy atom. The molecule has 0 amide bonds. The minimum absolute atomic E-state index is 0.300. The van der Waals surface area contributed by atoms with Gasteiger partial charge in [0.15, 0.2) is 0 Å². The van der Waals surface area contributed by atoms with Crippen molar-refractivity contribution in [2.24, 2.45) is 0 Å². The summed E-state index contributed by atoms with van der Waals surface area (Å²) in [5.41, 5.74) is 0.846. The Morgan fingerprint density at radius 1 is 0.489 bits per heavy atom. The van der Waals surface area contributed by atoms with Gasteiger partial charge in [0.05, 0.1) is 0 Å². The van der Waals surface area contributed by atoms with Gasteiger partial charge >= 0.3 is 248 Å². The molecule has 4 rings (SSSR count). The first-order valence-corrected chi connectivity index (χ1v) is 20.9. The van der Waals surface area contributed by atoms with Gasteiger partial charge in [-0.05, 0) is 0 Å². The van der Waals surface area contributed by atoms with Gasteiger partial charge < -0.3 is 0 Å². The Balaban J connectivity index is 1.70. The molecule has 0 atom stereocenters. The standard InChI is InChI=1S/C40H53O3PS/c1-3-5-7-8-9-10-11-12-13-17-26-36-27-24-25-34-40(36)45(41,42)43-44(35-6-4-2,37-28-18-14-19-29-37,38-30-20-15-21-31-38)39-32-22-16-23-33-39/h14-16,18-25,27-34H,3-13,17,26,35H2,1-2H3. The molecule has 0 heterocycles. The van der Waals surface area contributed by atoms with Crippen LogP contribution in [-0.4, -0.2) is 14.6 Å². The maximum absolute atomic E-state index is 14.8. The van der Waals surface area contributed by atoms with Crippen molar-refractivity contribution in [3.8, 4) is 0 Å². The zero-order chi connectivity index (χ0) is 31.9. The summed E-state index contributed by atoms with van der Waals surface area (Å²) in [6.45, 7) is 0.391. The molecule has 0 aliphatic rings. The predicted octanol–water partition coefficient (Wildman–Crippen LogP) is 10.1. The molecule has 0 N–H and O–H groups in total. The van der Waals surface area contributed by atoms with Gasteiger partial charge in [0.25, 0.3) is 0 Å². The van der Waals surface area contributed by atoms with E-state index < -0.39 is 16.9 Å². The molecule has 0 bridgehead atoms. The van der Waals surface area contributed by atoms with E-state index in [-0.39, 0.29) is 0 Å². The Morgan fingerprint density at radius 3 is 1.36 bits per heavy atom. The third-order valence-electron chi connectivity index (χ3n) is 9.15. The molecular weight excluding hydrogens is 591 g/mol. The van der Waals surface area contributed by atoms with Crippen molar-refractivity contribution in [1.29, 1.82) is 0 Å². The molecule has 4 aromatic rings. The van der Waals surface area contributed by atoms with Gasteiger partial charge in [-0.25, -0.2) is 0 Å². The molecule has 0 saturated heterocycles. The van der Waals surface area contributed by atoms with Crippen molar-refractivity contribution in [3.05, 3.63) is 121 Å². The van der Waals surface area contributed by atoms with Crippen molar-refractivity contribution in [1.82, 2.24) is 0 Å². The SMILES string of the molecule is CCCCCCCCCCCCc1ccccc1S(=O)(=O)OP(CCCC)(c1ccccc1)(c1ccccc1)c1ccccc1. The summed E-state index contributed by atoms with van der Waals surface area (Å²) in [7, 11) is -4.19. The van der Waals surface area contributed by atoms with Crippen LogP contribution >= 0.6 is 6.83 Å². The summed E-state index contributed by atoms with van der Waals surface area (Å²) in [5.74, 6) is 0. The molecule has 5 heteroatoms. The molecule has 0 radical (unpaired) electrons. The fraction of sp³-hybridized carbons (Fsp3) is 0.400. The van der Waals surface area contributed by atoms with Crippen molar-refractivity contribution >= 4 is 32.9 Å². The molecular formula is C40H53O3PS. The number of hydrogen-bond donors (Lipinski definition) is 0. The minimum atomic E-state index is -4.19. The predicted molar refractivity (Wildman–Crippen MR) is 195 cm³/mol. The molecule has 0 aromatic heterocycles. The molecule has 0 fully saturated rings. The number of unbranched alkanes of at least 4 members (excludes halogenated alkanes) is 10. The van der Waals surface area contributed by atoms with E-state index in [1.165, 1.54) is 51.4 Å². The first-order valence-electron chi connectivity index (χ1n) is 17.2. The maximum atomic E-state index is 14.8. The van der Waals surface area contributed by atoms with E-state index in [4.69, 9.17) is 3.97 Å². The molecule has 3 nitrogen and oxygen atoms in total. The Bertz CT molecular complexity index is 1420. The van der Waals surface area contributed by atoms with Crippen LogP contribution in [0.2, 0.25) is 0 Å². The molecule has 0 saturated carbocycles. The van der Waals surface area contributed by atoms with Crippen LogP contribution < -0.4 is 15.9 Å². The van der Waals surface area contributed by atoms with Gasteiger partial charge in [0.1, 0.15) is 0 Å². The summed E-state index contributed by atoms with van der Waals surface area (Å²) in [6, 6.07) is 37.9. The molecule has 0 aliphatic carbocycles. The fourth-order valence-corrected chi connectivity index (χ4v) is 15.8. The topological polar surface area (TPSA) is 43.4 Å². The molecule has 0 unspecified atom stereocenters. The van der Waals surface area contributed by atoms with E-state index in [2.05, 4.69) is 50.2 Å². The van der Waals surface area contributed by atoms with E-state index >= 15 is 0 Å². The molecule has 45 heavy (non-hydrogen) atoms. The van der Waals surface area contributed by atoms with Crippen LogP contribution in [0.4, 0.5) is 0 Å². The average molecular weight is 645 g/mol. The molecule has 0 aliphatic heterocycles. The number of hydrogen-bond acceptors (Lipinski definition) is 3. The summed E-state index contributed by atoms with van der Waals surface area (Å²) >= 11 is 0. The van der Waals surface area contributed by atoms with E-state index in [0.717, 1.165) is 53.6 Å². The van der Waals surface area contributed by atoms with Crippen LogP contribution in [0.5, 0.6) is 0 Å². The van der Waals surface area contributed by atoms with Gasteiger partial charge in [0, 0.05) is 0 Å². The second-order valence-corrected chi connectivity index (χ2v) is 18.7. The second kappa shape index (κ2) is 17.2. The molecule has 242 valence electrons. The van der Waals surface area contributed by atoms with E-state index in [0.29, 0.717) is 11.1 Å². The van der Waals surface area contributed by atoms with Crippen LogP contribution in [0.3, 0.4) is 0 Å². The monoisotopic (exact) mass is 644 g/mol. The third kappa shape index (κ3) is 8.33. The van der Waals surface area contributed by atoms with Gasteiger partial charge in [-0.1, -0.05) is 26.2 Å². The normalized spacial score (nSPS) is 12.9. The summed E-state index contributed by atoms with van der Waals surface area (Å²) in [4.78, 5) is 0.300. The molecule has 0 spiro atoms. The van der Waals surface area contributed by atoms with Gasteiger partial charge in [0.2, 0.25) is 0 Å². The van der Waals surface area contributed by atoms with Gasteiger partial charge in [-0.3, -0.25) is 0 Å². The van der Waals surface area contributed by atoms with Gasteiger partial charge in [-0.15, -0.1) is 0 Å². The van der Waals surface area contributed by atoms with Crippen LogP contribution in [-0.2, 0) is 20.5 Å². The van der Waals surface area contributed by atoms with Crippen molar-refractivity contribution < 1.29 is 12.4 Å². The van der Waals surface area contributed by atoms with Crippen LogP contribution in [0, 0.1) is 0 Å². The number of rotatable bonds is 20. The zero-order valence-electron chi connectivity index (χ0n) is 27.4. The summed E-state index contributed by atoms with van der Waals surface area (Å²) in [6.07, 6.45) is 15.6. The number of benzene rings is 4. The zero-order valence-corrected chi connectivity index (χ0v) is 29.2. The third-order valence-corrected chi connectivity index (χ3v) is 17.5. The van der Waals surface area contributed by atoms with Crippen LogP contribution in [0.1, 0.15) is 96.5 Å². The van der Waals surface area contributed by atoms with Gasteiger partial charge in [-0.2, -0.15) is 0 Å². The van der Waals surface area contributed by atoms with E-state index in [1.807, 2.05) is 72.8 Å². The summed E-state index contributed by atoms with van der Waals surface area (Å²) < 4.78 is 36.8. The Hall–Kier alpha value is -2.78. The Kier molecular flexibility index (Phi) is 13.4.